The SMILES string of the molecule is COc1cccc(CC2CCCN2C(=O)c2cccc(S(=O)(=O)Nc3ccccc3F)c2)c1. The molecule has 3 aromatic rings. The summed E-state index contributed by atoms with van der Waals surface area (Å²) < 4.78 is 47.1. The van der Waals surface area contributed by atoms with Crippen molar-refractivity contribution in [2.75, 3.05) is 18.4 Å². The van der Waals surface area contributed by atoms with Gasteiger partial charge in [-0.1, -0.05) is 30.3 Å². The number of sulfonamides is 1. The molecule has 0 saturated carbocycles. The number of rotatable bonds is 7. The first-order valence-corrected chi connectivity index (χ1v) is 12.2. The topological polar surface area (TPSA) is 75.7 Å². The average molecular weight is 469 g/mol. The number of halogens is 1. The van der Waals surface area contributed by atoms with Crippen LogP contribution in [0.2, 0.25) is 0 Å². The Labute approximate surface area is 193 Å². The van der Waals surface area contributed by atoms with Crippen molar-refractivity contribution in [3.63, 3.8) is 0 Å². The van der Waals surface area contributed by atoms with Gasteiger partial charge in [0.25, 0.3) is 15.9 Å². The molecule has 0 radical (unpaired) electrons. The lowest BCUT2D eigenvalue weighted by molar-refractivity contribution is 0.0736. The molecule has 6 nitrogen and oxygen atoms in total. The number of nitrogens with zero attached hydrogens (tertiary/aromatic N) is 1. The van der Waals surface area contributed by atoms with E-state index in [0.717, 1.165) is 24.2 Å². The van der Waals surface area contributed by atoms with Gasteiger partial charge in [-0.15, -0.1) is 0 Å². The molecule has 1 fully saturated rings. The number of amides is 1. The number of benzene rings is 3. The van der Waals surface area contributed by atoms with Gasteiger partial charge in [-0.25, -0.2) is 12.8 Å². The second kappa shape index (κ2) is 9.62. The van der Waals surface area contributed by atoms with Gasteiger partial charge in [0.05, 0.1) is 17.7 Å². The lowest BCUT2D eigenvalue weighted by atomic mass is 10.0. The van der Waals surface area contributed by atoms with E-state index in [-0.39, 0.29) is 28.1 Å². The molecular formula is C25H25FN2O4S. The Morgan fingerprint density at radius 2 is 1.88 bits per heavy atom. The number of hydrogen-bond donors (Lipinski definition) is 1. The third kappa shape index (κ3) is 5.17. The number of likely N-dealkylation sites (tertiary alicyclic amines) is 1. The van der Waals surface area contributed by atoms with Crippen molar-refractivity contribution in [2.45, 2.75) is 30.2 Å². The molecule has 8 heteroatoms. The number of anilines is 1. The first-order chi connectivity index (χ1) is 15.9. The van der Waals surface area contributed by atoms with Gasteiger partial charge in [0, 0.05) is 18.2 Å². The molecule has 1 atom stereocenters. The molecule has 3 aromatic carbocycles. The van der Waals surface area contributed by atoms with E-state index in [1.165, 1.54) is 42.5 Å². The number of hydrogen-bond acceptors (Lipinski definition) is 4. The maximum atomic E-state index is 13.9. The lowest BCUT2D eigenvalue weighted by Gasteiger charge is -2.25. The van der Waals surface area contributed by atoms with E-state index in [1.54, 1.807) is 18.1 Å². The summed E-state index contributed by atoms with van der Waals surface area (Å²) in [5, 5.41) is 0. The number of para-hydroxylation sites is 1. The normalized spacial score (nSPS) is 15.9. The van der Waals surface area contributed by atoms with Crippen molar-refractivity contribution in [3.8, 4) is 5.75 Å². The van der Waals surface area contributed by atoms with Crippen molar-refractivity contribution in [2.24, 2.45) is 0 Å². The molecule has 0 spiro atoms. The Morgan fingerprint density at radius 3 is 2.67 bits per heavy atom. The van der Waals surface area contributed by atoms with Gasteiger partial charge in [0.2, 0.25) is 0 Å². The molecule has 1 aliphatic rings. The summed E-state index contributed by atoms with van der Waals surface area (Å²) >= 11 is 0. The Morgan fingerprint density at radius 1 is 1.09 bits per heavy atom. The highest BCUT2D eigenvalue weighted by Gasteiger charge is 2.30. The van der Waals surface area contributed by atoms with Crippen LogP contribution in [0.25, 0.3) is 0 Å². The molecule has 172 valence electrons. The van der Waals surface area contributed by atoms with Gasteiger partial charge >= 0.3 is 0 Å². The van der Waals surface area contributed by atoms with E-state index >= 15 is 0 Å². The highest BCUT2D eigenvalue weighted by atomic mass is 32.2. The molecule has 1 saturated heterocycles. The maximum Gasteiger partial charge on any atom is 0.262 e. The molecule has 1 aliphatic heterocycles. The molecule has 1 heterocycles. The van der Waals surface area contributed by atoms with Crippen LogP contribution < -0.4 is 9.46 Å². The molecule has 1 amide bonds. The smallest absolute Gasteiger partial charge is 0.262 e. The van der Waals surface area contributed by atoms with Crippen LogP contribution in [0, 0.1) is 5.82 Å². The Hall–Kier alpha value is -3.39. The predicted octanol–water partition coefficient (Wildman–Crippen LogP) is 4.48. The summed E-state index contributed by atoms with van der Waals surface area (Å²) in [6.07, 6.45) is 2.44. The summed E-state index contributed by atoms with van der Waals surface area (Å²) in [6, 6.07) is 19.2. The minimum Gasteiger partial charge on any atom is -0.497 e. The molecule has 4 rings (SSSR count). The predicted molar refractivity (Wildman–Crippen MR) is 124 cm³/mol. The van der Waals surface area contributed by atoms with Crippen LogP contribution in [-0.2, 0) is 16.4 Å². The van der Waals surface area contributed by atoms with Crippen molar-refractivity contribution >= 4 is 21.6 Å². The van der Waals surface area contributed by atoms with E-state index in [0.29, 0.717) is 13.0 Å². The summed E-state index contributed by atoms with van der Waals surface area (Å²) in [6.45, 7) is 0.609. The minimum absolute atomic E-state index is 0.0152. The Kier molecular flexibility index (Phi) is 6.65. The van der Waals surface area contributed by atoms with Gasteiger partial charge in [0.15, 0.2) is 0 Å². The zero-order valence-corrected chi connectivity index (χ0v) is 19.0. The Bertz CT molecular complexity index is 1260. The summed E-state index contributed by atoms with van der Waals surface area (Å²) in [4.78, 5) is 15.0. The van der Waals surface area contributed by atoms with Gasteiger partial charge in [0.1, 0.15) is 11.6 Å². The first kappa shape index (κ1) is 22.8. The standard InChI is InChI=1S/C25H25FN2O4S/c1-32-21-10-4-7-18(16-21)15-20-9-6-14-28(20)25(29)19-8-5-11-22(17-19)33(30,31)27-24-13-3-2-12-23(24)26/h2-5,7-8,10-13,16-17,20,27H,6,9,14-15H2,1H3. The highest BCUT2D eigenvalue weighted by molar-refractivity contribution is 7.92. The van der Waals surface area contributed by atoms with Crippen LogP contribution in [-0.4, -0.2) is 38.9 Å². The van der Waals surface area contributed by atoms with E-state index in [9.17, 15) is 17.6 Å². The second-order valence-electron chi connectivity index (χ2n) is 7.96. The van der Waals surface area contributed by atoms with Gasteiger partial charge in [-0.2, -0.15) is 0 Å². The van der Waals surface area contributed by atoms with E-state index in [2.05, 4.69) is 4.72 Å². The molecule has 0 aliphatic carbocycles. The quantitative estimate of drug-likeness (QED) is 0.555. The maximum absolute atomic E-state index is 13.9. The summed E-state index contributed by atoms with van der Waals surface area (Å²) in [5.74, 6) is -0.127. The largest absolute Gasteiger partial charge is 0.497 e. The number of nitrogens with one attached hydrogen (secondary N) is 1. The zero-order chi connectivity index (χ0) is 23.4. The van der Waals surface area contributed by atoms with Crippen LogP contribution in [0.4, 0.5) is 10.1 Å². The highest BCUT2D eigenvalue weighted by Crippen LogP contribution is 2.26. The molecule has 33 heavy (non-hydrogen) atoms. The van der Waals surface area contributed by atoms with E-state index in [4.69, 9.17) is 4.74 Å². The van der Waals surface area contributed by atoms with Crippen molar-refractivity contribution in [1.82, 2.24) is 4.90 Å². The van der Waals surface area contributed by atoms with E-state index < -0.39 is 15.8 Å². The van der Waals surface area contributed by atoms with Crippen LogP contribution >= 0.6 is 0 Å². The summed E-state index contributed by atoms with van der Waals surface area (Å²) in [5.41, 5.74) is 1.21. The fraction of sp³-hybridized carbons (Fsp3) is 0.240. The fourth-order valence-electron chi connectivity index (χ4n) is 4.10. The van der Waals surface area contributed by atoms with Crippen LogP contribution in [0.5, 0.6) is 5.75 Å². The molecule has 1 N–H and O–H groups in total. The zero-order valence-electron chi connectivity index (χ0n) is 18.2. The summed E-state index contributed by atoms with van der Waals surface area (Å²) in [7, 11) is -2.44. The van der Waals surface area contributed by atoms with Crippen molar-refractivity contribution in [3.05, 3.63) is 89.7 Å². The number of ether oxygens (including phenoxy) is 1. The van der Waals surface area contributed by atoms with Gasteiger partial charge in [-0.05, 0) is 67.3 Å². The average Bonchev–Trinajstić information content (AvgIpc) is 3.28. The molecule has 0 bridgehead atoms. The van der Waals surface area contributed by atoms with E-state index in [1.807, 2.05) is 24.3 Å². The van der Waals surface area contributed by atoms with Gasteiger partial charge in [-0.3, -0.25) is 9.52 Å². The molecule has 0 aromatic heterocycles. The third-order valence-electron chi connectivity index (χ3n) is 5.75. The lowest BCUT2D eigenvalue weighted by Crippen LogP contribution is -2.36. The third-order valence-corrected chi connectivity index (χ3v) is 7.12. The van der Waals surface area contributed by atoms with Crippen LogP contribution in [0.1, 0.15) is 28.8 Å². The van der Waals surface area contributed by atoms with Crippen molar-refractivity contribution < 1.29 is 22.3 Å². The monoisotopic (exact) mass is 468 g/mol. The second-order valence-corrected chi connectivity index (χ2v) is 9.65. The molecule has 1 unspecified atom stereocenters. The van der Waals surface area contributed by atoms with Crippen molar-refractivity contribution in [1.29, 1.82) is 0 Å². The van der Waals surface area contributed by atoms with Crippen LogP contribution in [0.3, 0.4) is 0 Å². The van der Waals surface area contributed by atoms with Crippen LogP contribution in [0.15, 0.2) is 77.7 Å². The van der Waals surface area contributed by atoms with Gasteiger partial charge < -0.3 is 9.64 Å². The number of carbonyl (C=O) groups is 1. The number of methoxy groups -OCH3 is 1. The fourth-order valence-corrected chi connectivity index (χ4v) is 5.21. The minimum atomic E-state index is -4.06. The molecular weight excluding hydrogens is 443 g/mol. The number of carbonyl (C=O) groups excluding carboxylic acids is 1. The Balaban J connectivity index is 1.53. The first-order valence-electron chi connectivity index (χ1n) is 10.7.